The molecule has 1 aromatic heterocycles. The fourth-order valence-corrected chi connectivity index (χ4v) is 2.08. The van der Waals surface area contributed by atoms with Crippen LogP contribution in [0, 0.1) is 0 Å². The number of aromatic nitrogens is 1. The smallest absolute Gasteiger partial charge is 0.0454 e. The van der Waals surface area contributed by atoms with Crippen molar-refractivity contribution in [1.29, 1.82) is 0 Å². The minimum absolute atomic E-state index is 0.186. The summed E-state index contributed by atoms with van der Waals surface area (Å²) in [6.07, 6.45) is 6.81. The second-order valence-electron chi connectivity index (χ2n) is 4.43. The Morgan fingerprint density at radius 3 is 2.94 bits per heavy atom. The number of benzene rings is 1. The lowest BCUT2D eigenvalue weighted by molar-refractivity contribution is 0.581. The molecule has 0 fully saturated rings. The van der Waals surface area contributed by atoms with Gasteiger partial charge in [0.25, 0.3) is 0 Å². The van der Waals surface area contributed by atoms with E-state index in [-0.39, 0.29) is 6.04 Å². The lowest BCUT2D eigenvalue weighted by atomic mass is 10.0. The van der Waals surface area contributed by atoms with Crippen molar-refractivity contribution in [2.24, 2.45) is 5.73 Å². The van der Waals surface area contributed by atoms with Crippen molar-refractivity contribution in [3.63, 3.8) is 0 Å². The van der Waals surface area contributed by atoms with E-state index >= 15 is 0 Å². The maximum absolute atomic E-state index is 6.19. The van der Waals surface area contributed by atoms with Gasteiger partial charge in [0.2, 0.25) is 0 Å². The summed E-state index contributed by atoms with van der Waals surface area (Å²) in [7, 11) is 0. The molecule has 1 heterocycles. The first kappa shape index (κ1) is 11.2. The van der Waals surface area contributed by atoms with Gasteiger partial charge in [-0.2, -0.15) is 0 Å². The molecule has 0 amide bonds. The average molecular weight is 216 g/mol. The molecule has 2 nitrogen and oxygen atoms in total. The molecule has 0 aliphatic rings. The number of hydrogen-bond donors (Lipinski definition) is 2. The van der Waals surface area contributed by atoms with Gasteiger partial charge in [0.1, 0.15) is 0 Å². The molecule has 86 valence electrons. The Hall–Kier alpha value is -1.28. The molecule has 1 aromatic carbocycles. The van der Waals surface area contributed by atoms with Gasteiger partial charge in [0, 0.05) is 17.8 Å². The number of nitrogens with two attached hydrogens (primary N) is 1. The van der Waals surface area contributed by atoms with Crippen molar-refractivity contribution in [3.05, 3.63) is 36.0 Å². The normalized spacial score (nSPS) is 13.1. The molecule has 0 spiro atoms. The molecular formula is C14H20N2. The van der Waals surface area contributed by atoms with E-state index in [0.29, 0.717) is 0 Å². The zero-order chi connectivity index (χ0) is 11.4. The zero-order valence-corrected chi connectivity index (χ0v) is 9.87. The summed E-state index contributed by atoms with van der Waals surface area (Å²) in [4.78, 5) is 3.20. The topological polar surface area (TPSA) is 41.8 Å². The summed E-state index contributed by atoms with van der Waals surface area (Å²) >= 11 is 0. The number of fused-ring (bicyclic) bond motifs is 1. The second kappa shape index (κ2) is 5.17. The van der Waals surface area contributed by atoms with Gasteiger partial charge in [-0.1, -0.05) is 32.3 Å². The largest absolute Gasteiger partial charge is 0.361 e. The van der Waals surface area contributed by atoms with Gasteiger partial charge in [-0.25, -0.2) is 0 Å². The minimum atomic E-state index is 0.186. The van der Waals surface area contributed by atoms with E-state index in [9.17, 15) is 0 Å². The fraction of sp³-hybridized carbons (Fsp3) is 0.429. The minimum Gasteiger partial charge on any atom is -0.361 e. The van der Waals surface area contributed by atoms with Gasteiger partial charge >= 0.3 is 0 Å². The van der Waals surface area contributed by atoms with E-state index in [2.05, 4.69) is 36.2 Å². The summed E-state index contributed by atoms with van der Waals surface area (Å²) in [6, 6.07) is 8.73. The predicted molar refractivity (Wildman–Crippen MR) is 69.4 cm³/mol. The second-order valence-corrected chi connectivity index (χ2v) is 4.43. The van der Waals surface area contributed by atoms with Crippen molar-refractivity contribution in [2.75, 3.05) is 0 Å². The van der Waals surface area contributed by atoms with Crippen LogP contribution in [0.2, 0.25) is 0 Å². The zero-order valence-electron chi connectivity index (χ0n) is 9.87. The Balaban J connectivity index is 2.07. The maximum Gasteiger partial charge on any atom is 0.0454 e. The molecule has 0 saturated carbocycles. The molecule has 2 rings (SSSR count). The summed E-state index contributed by atoms with van der Waals surface area (Å²) in [5, 5.41) is 1.25. The molecule has 16 heavy (non-hydrogen) atoms. The van der Waals surface area contributed by atoms with E-state index in [1.165, 1.54) is 35.7 Å². The number of hydrogen-bond acceptors (Lipinski definition) is 1. The van der Waals surface area contributed by atoms with Crippen LogP contribution >= 0.6 is 0 Å². The Labute approximate surface area is 96.9 Å². The molecule has 2 heteroatoms. The molecule has 3 N–H and O–H groups in total. The lowest BCUT2D eigenvalue weighted by Gasteiger charge is -2.11. The predicted octanol–water partition coefficient (Wildman–Crippen LogP) is 3.75. The Kier molecular flexibility index (Phi) is 3.62. The summed E-state index contributed by atoms with van der Waals surface area (Å²) < 4.78 is 0. The van der Waals surface area contributed by atoms with E-state index < -0.39 is 0 Å². The van der Waals surface area contributed by atoms with Crippen LogP contribution in [0.5, 0.6) is 0 Å². The first-order valence-corrected chi connectivity index (χ1v) is 6.14. The van der Waals surface area contributed by atoms with Crippen LogP contribution < -0.4 is 5.73 Å². The van der Waals surface area contributed by atoms with Crippen molar-refractivity contribution in [2.45, 2.75) is 38.6 Å². The fourth-order valence-electron chi connectivity index (χ4n) is 2.08. The van der Waals surface area contributed by atoms with Crippen molar-refractivity contribution < 1.29 is 0 Å². The molecule has 0 aliphatic heterocycles. The van der Waals surface area contributed by atoms with Gasteiger partial charge in [0.05, 0.1) is 0 Å². The molecule has 0 aliphatic carbocycles. The van der Waals surface area contributed by atoms with E-state index in [1.54, 1.807) is 0 Å². The Bertz CT molecular complexity index is 445. The number of aromatic amines is 1. The average Bonchev–Trinajstić information content (AvgIpc) is 2.76. The third-order valence-corrected chi connectivity index (χ3v) is 3.12. The molecule has 2 aromatic rings. The number of rotatable bonds is 5. The first-order chi connectivity index (χ1) is 7.81. The van der Waals surface area contributed by atoms with Crippen LogP contribution in [0.25, 0.3) is 10.9 Å². The van der Waals surface area contributed by atoms with Crippen molar-refractivity contribution in [1.82, 2.24) is 4.98 Å². The van der Waals surface area contributed by atoms with Crippen LogP contribution in [0.3, 0.4) is 0 Å². The highest BCUT2D eigenvalue weighted by Gasteiger charge is 2.06. The molecule has 0 radical (unpaired) electrons. The van der Waals surface area contributed by atoms with Crippen LogP contribution in [0.1, 0.15) is 44.2 Å². The highest BCUT2D eigenvalue weighted by molar-refractivity contribution is 5.80. The third-order valence-electron chi connectivity index (χ3n) is 3.12. The SMILES string of the molecule is CCCCC[C@H](N)c1ccc2[nH]ccc2c1. The number of nitrogens with one attached hydrogen (secondary N) is 1. The molecule has 0 unspecified atom stereocenters. The van der Waals surface area contributed by atoms with Gasteiger partial charge in [-0.3, -0.25) is 0 Å². The van der Waals surface area contributed by atoms with Crippen molar-refractivity contribution >= 4 is 10.9 Å². The van der Waals surface area contributed by atoms with Crippen LogP contribution in [-0.2, 0) is 0 Å². The first-order valence-electron chi connectivity index (χ1n) is 6.14. The number of unbranched alkanes of at least 4 members (excludes halogenated alkanes) is 2. The van der Waals surface area contributed by atoms with Gasteiger partial charge in [-0.05, 0) is 35.6 Å². The van der Waals surface area contributed by atoms with Gasteiger partial charge in [0.15, 0.2) is 0 Å². The van der Waals surface area contributed by atoms with Gasteiger partial charge in [-0.15, -0.1) is 0 Å². The van der Waals surface area contributed by atoms with Crippen LogP contribution in [-0.4, -0.2) is 4.98 Å². The molecule has 0 saturated heterocycles. The van der Waals surface area contributed by atoms with Crippen molar-refractivity contribution in [3.8, 4) is 0 Å². The van der Waals surface area contributed by atoms with E-state index in [4.69, 9.17) is 5.73 Å². The monoisotopic (exact) mass is 216 g/mol. The highest BCUT2D eigenvalue weighted by atomic mass is 14.7. The van der Waals surface area contributed by atoms with Crippen LogP contribution in [0.4, 0.5) is 0 Å². The summed E-state index contributed by atoms with van der Waals surface area (Å²) in [5.41, 5.74) is 8.62. The molecule has 0 bridgehead atoms. The summed E-state index contributed by atoms with van der Waals surface area (Å²) in [5.74, 6) is 0. The van der Waals surface area contributed by atoms with E-state index in [1.807, 2.05) is 6.20 Å². The van der Waals surface area contributed by atoms with Crippen LogP contribution in [0.15, 0.2) is 30.5 Å². The maximum atomic E-state index is 6.19. The Morgan fingerprint density at radius 1 is 1.25 bits per heavy atom. The standard InChI is InChI=1S/C14H20N2/c1-2-3-4-5-13(15)11-6-7-14-12(10-11)8-9-16-14/h6-10,13,16H,2-5,15H2,1H3/t13-/m0/s1. The number of H-pyrrole nitrogens is 1. The van der Waals surface area contributed by atoms with Gasteiger partial charge < -0.3 is 10.7 Å². The molecular weight excluding hydrogens is 196 g/mol. The highest BCUT2D eigenvalue weighted by Crippen LogP contribution is 2.21. The molecule has 1 atom stereocenters. The van der Waals surface area contributed by atoms with E-state index in [0.717, 1.165) is 6.42 Å². The Morgan fingerprint density at radius 2 is 2.12 bits per heavy atom. The third kappa shape index (κ3) is 2.45. The summed E-state index contributed by atoms with van der Waals surface area (Å²) in [6.45, 7) is 2.22. The quantitative estimate of drug-likeness (QED) is 0.734. The lowest BCUT2D eigenvalue weighted by Crippen LogP contribution is -2.09.